The summed E-state index contributed by atoms with van der Waals surface area (Å²) in [6.07, 6.45) is 4.73. The average Bonchev–Trinajstić information content (AvgIpc) is 2.42. The largest absolute Gasteiger partial charge is 0.492 e. The molecule has 0 N–H and O–H groups in total. The van der Waals surface area contributed by atoms with E-state index < -0.39 is 0 Å². The van der Waals surface area contributed by atoms with Crippen molar-refractivity contribution in [2.24, 2.45) is 0 Å². The summed E-state index contributed by atoms with van der Waals surface area (Å²) >= 11 is 0. The van der Waals surface area contributed by atoms with Gasteiger partial charge in [-0.2, -0.15) is 5.26 Å². The minimum Gasteiger partial charge on any atom is -0.492 e. The van der Waals surface area contributed by atoms with Gasteiger partial charge in [0.1, 0.15) is 11.8 Å². The molecule has 18 heavy (non-hydrogen) atoms. The molecule has 0 aliphatic rings. The molecule has 0 spiro atoms. The molecule has 0 aliphatic carbocycles. The van der Waals surface area contributed by atoms with Crippen molar-refractivity contribution in [2.75, 3.05) is 19.8 Å². The number of ether oxygens (including phenoxy) is 2. The Labute approximate surface area is 109 Å². The number of allylic oxidation sites excluding steroid dienone is 1. The summed E-state index contributed by atoms with van der Waals surface area (Å²) in [4.78, 5) is 0. The highest BCUT2D eigenvalue weighted by Gasteiger charge is 2.00. The molecule has 0 aliphatic heterocycles. The third kappa shape index (κ3) is 5.51. The van der Waals surface area contributed by atoms with E-state index in [0.29, 0.717) is 24.5 Å². The number of unbranched alkanes of at least 4 members (excludes halogenated alkanes) is 1. The van der Waals surface area contributed by atoms with E-state index in [0.717, 1.165) is 25.9 Å². The smallest absolute Gasteiger partial charge is 0.137 e. The molecule has 0 heterocycles. The van der Waals surface area contributed by atoms with E-state index in [9.17, 15) is 0 Å². The molecule has 1 aromatic carbocycles. The first-order valence-electron chi connectivity index (χ1n) is 6.19. The van der Waals surface area contributed by atoms with Crippen LogP contribution in [0.15, 0.2) is 36.9 Å². The van der Waals surface area contributed by atoms with Gasteiger partial charge in [-0.1, -0.05) is 18.2 Å². The van der Waals surface area contributed by atoms with E-state index in [2.05, 4.69) is 12.6 Å². The zero-order chi connectivity index (χ0) is 13.1. The van der Waals surface area contributed by atoms with Gasteiger partial charge in [-0.25, -0.2) is 0 Å². The lowest BCUT2D eigenvalue weighted by Gasteiger charge is -2.07. The van der Waals surface area contributed by atoms with Gasteiger partial charge in [0.2, 0.25) is 0 Å². The Kier molecular flexibility index (Phi) is 7.34. The van der Waals surface area contributed by atoms with Crippen LogP contribution in [0.25, 0.3) is 0 Å². The molecule has 0 fully saturated rings. The van der Waals surface area contributed by atoms with Crippen LogP contribution in [0.4, 0.5) is 0 Å². The van der Waals surface area contributed by atoms with E-state index in [4.69, 9.17) is 14.7 Å². The third-order valence-corrected chi connectivity index (χ3v) is 2.40. The number of nitriles is 1. The molecular weight excluding hydrogens is 226 g/mol. The van der Waals surface area contributed by atoms with E-state index in [1.165, 1.54) is 0 Å². The Morgan fingerprint density at radius 1 is 1.17 bits per heavy atom. The molecule has 0 aromatic heterocycles. The van der Waals surface area contributed by atoms with Crippen LogP contribution in [0.5, 0.6) is 5.75 Å². The predicted octanol–water partition coefficient (Wildman–Crippen LogP) is 3.31. The lowest BCUT2D eigenvalue weighted by molar-refractivity contribution is 0.118. The van der Waals surface area contributed by atoms with Crippen molar-refractivity contribution < 1.29 is 9.47 Å². The SMILES string of the molecule is C=CCCCOCCCOc1ccccc1C#N. The third-order valence-electron chi connectivity index (χ3n) is 2.40. The average molecular weight is 245 g/mol. The Balaban J connectivity index is 2.11. The molecule has 3 nitrogen and oxygen atoms in total. The van der Waals surface area contributed by atoms with Gasteiger partial charge in [0.25, 0.3) is 0 Å². The first kappa shape index (κ1) is 14.3. The van der Waals surface area contributed by atoms with Crippen LogP contribution >= 0.6 is 0 Å². The molecular formula is C15H19NO2. The minimum absolute atomic E-state index is 0.570. The van der Waals surface area contributed by atoms with Crippen LogP contribution in [-0.4, -0.2) is 19.8 Å². The summed E-state index contributed by atoms with van der Waals surface area (Å²) in [5.41, 5.74) is 0.574. The highest BCUT2D eigenvalue weighted by Crippen LogP contribution is 2.16. The van der Waals surface area contributed by atoms with Gasteiger partial charge >= 0.3 is 0 Å². The van der Waals surface area contributed by atoms with Crippen LogP contribution < -0.4 is 4.74 Å². The van der Waals surface area contributed by atoms with Crippen LogP contribution in [-0.2, 0) is 4.74 Å². The summed E-state index contributed by atoms with van der Waals surface area (Å²) in [5.74, 6) is 0.645. The fourth-order valence-electron chi connectivity index (χ4n) is 1.46. The molecule has 96 valence electrons. The van der Waals surface area contributed by atoms with Gasteiger partial charge in [0.05, 0.1) is 12.2 Å². The van der Waals surface area contributed by atoms with Crippen molar-refractivity contribution in [1.29, 1.82) is 5.26 Å². The molecule has 0 unspecified atom stereocenters. The molecule has 0 saturated carbocycles. The molecule has 1 rings (SSSR count). The van der Waals surface area contributed by atoms with Gasteiger partial charge in [0.15, 0.2) is 0 Å². The topological polar surface area (TPSA) is 42.2 Å². The van der Waals surface area contributed by atoms with Crippen molar-refractivity contribution in [3.8, 4) is 11.8 Å². The summed E-state index contributed by atoms with van der Waals surface area (Å²) in [6, 6.07) is 9.36. The number of nitrogens with zero attached hydrogens (tertiary/aromatic N) is 1. The lowest BCUT2D eigenvalue weighted by atomic mass is 10.2. The van der Waals surface area contributed by atoms with E-state index in [1.54, 1.807) is 6.07 Å². The maximum Gasteiger partial charge on any atom is 0.137 e. The van der Waals surface area contributed by atoms with Crippen LogP contribution in [0.1, 0.15) is 24.8 Å². The number of rotatable bonds is 9. The van der Waals surface area contributed by atoms with Crippen LogP contribution in [0.3, 0.4) is 0 Å². The van der Waals surface area contributed by atoms with Gasteiger partial charge in [-0.15, -0.1) is 6.58 Å². The van der Waals surface area contributed by atoms with E-state index in [1.807, 2.05) is 24.3 Å². The first-order valence-corrected chi connectivity index (χ1v) is 6.19. The highest BCUT2D eigenvalue weighted by molar-refractivity contribution is 5.42. The van der Waals surface area contributed by atoms with E-state index in [-0.39, 0.29) is 0 Å². The molecule has 0 atom stereocenters. The van der Waals surface area contributed by atoms with Crippen LogP contribution in [0.2, 0.25) is 0 Å². The second-order valence-corrected chi connectivity index (χ2v) is 3.85. The summed E-state index contributed by atoms with van der Waals surface area (Å²) in [5, 5.41) is 8.88. The maximum atomic E-state index is 8.88. The normalized spacial score (nSPS) is 9.72. The quantitative estimate of drug-likeness (QED) is 0.495. The molecule has 0 saturated heterocycles. The Hall–Kier alpha value is -1.79. The predicted molar refractivity (Wildman–Crippen MR) is 71.5 cm³/mol. The Bertz CT molecular complexity index is 396. The van der Waals surface area contributed by atoms with Crippen molar-refractivity contribution in [3.63, 3.8) is 0 Å². The minimum atomic E-state index is 0.570. The maximum absolute atomic E-state index is 8.88. The fourth-order valence-corrected chi connectivity index (χ4v) is 1.46. The zero-order valence-electron chi connectivity index (χ0n) is 10.6. The second kappa shape index (κ2) is 9.26. The van der Waals surface area contributed by atoms with Gasteiger partial charge in [-0.05, 0) is 25.0 Å². The van der Waals surface area contributed by atoms with Crippen molar-refractivity contribution in [1.82, 2.24) is 0 Å². The summed E-state index contributed by atoms with van der Waals surface area (Å²) in [7, 11) is 0. The molecule has 3 heteroatoms. The van der Waals surface area contributed by atoms with Gasteiger partial charge < -0.3 is 9.47 Å². The van der Waals surface area contributed by atoms with Gasteiger partial charge in [-0.3, -0.25) is 0 Å². The number of hydrogen-bond acceptors (Lipinski definition) is 3. The second-order valence-electron chi connectivity index (χ2n) is 3.85. The highest BCUT2D eigenvalue weighted by atomic mass is 16.5. The zero-order valence-corrected chi connectivity index (χ0v) is 10.6. The van der Waals surface area contributed by atoms with Crippen molar-refractivity contribution in [3.05, 3.63) is 42.5 Å². The summed E-state index contributed by atoms with van der Waals surface area (Å²) in [6.45, 7) is 5.68. The Morgan fingerprint density at radius 3 is 2.72 bits per heavy atom. The first-order chi connectivity index (χ1) is 8.88. The summed E-state index contributed by atoms with van der Waals surface area (Å²) < 4.78 is 11.0. The molecule has 1 aromatic rings. The van der Waals surface area contributed by atoms with Crippen molar-refractivity contribution >= 4 is 0 Å². The van der Waals surface area contributed by atoms with Crippen molar-refractivity contribution in [2.45, 2.75) is 19.3 Å². The number of hydrogen-bond donors (Lipinski definition) is 0. The molecule has 0 amide bonds. The fraction of sp³-hybridized carbons (Fsp3) is 0.400. The number of para-hydroxylation sites is 1. The molecule has 0 radical (unpaired) electrons. The number of benzene rings is 1. The van der Waals surface area contributed by atoms with Gasteiger partial charge in [0, 0.05) is 19.6 Å². The monoisotopic (exact) mass is 245 g/mol. The molecule has 0 bridgehead atoms. The van der Waals surface area contributed by atoms with E-state index >= 15 is 0 Å². The standard InChI is InChI=1S/C15H19NO2/c1-2-3-6-10-17-11-7-12-18-15-9-5-4-8-14(15)13-16/h2,4-5,8-9H,1,3,6-7,10-12H2. The lowest BCUT2D eigenvalue weighted by Crippen LogP contribution is -2.04. The Morgan fingerprint density at radius 2 is 1.94 bits per heavy atom. The van der Waals surface area contributed by atoms with Crippen LogP contribution in [0, 0.1) is 11.3 Å².